The predicted molar refractivity (Wildman–Crippen MR) is 122 cm³/mol. The third-order valence-electron chi connectivity index (χ3n) is 6.52. The van der Waals surface area contributed by atoms with Crippen LogP contribution in [-0.4, -0.2) is 55.5 Å². The summed E-state index contributed by atoms with van der Waals surface area (Å²) in [6.45, 7) is 2.18. The minimum absolute atomic E-state index is 0.0175. The second kappa shape index (κ2) is 10.2. The molecule has 1 atom stereocenters. The summed E-state index contributed by atoms with van der Waals surface area (Å²) in [6, 6.07) is 16.1. The highest BCUT2D eigenvalue weighted by molar-refractivity contribution is 5.83. The minimum Gasteiger partial charge on any atom is -0.479 e. The van der Waals surface area contributed by atoms with Gasteiger partial charge < -0.3 is 19.9 Å². The Morgan fingerprint density at radius 3 is 2.24 bits per heavy atom. The second-order valence-corrected chi connectivity index (χ2v) is 8.60. The van der Waals surface area contributed by atoms with Crippen molar-refractivity contribution in [3.63, 3.8) is 0 Å². The molecule has 1 heterocycles. The van der Waals surface area contributed by atoms with Crippen molar-refractivity contribution in [2.45, 2.75) is 31.8 Å². The lowest BCUT2D eigenvalue weighted by Crippen LogP contribution is -2.52. The Bertz CT molecular complexity index is 1020. The molecule has 9 nitrogen and oxygen atoms in total. The van der Waals surface area contributed by atoms with Crippen molar-refractivity contribution in [2.24, 2.45) is 5.41 Å². The van der Waals surface area contributed by atoms with Gasteiger partial charge in [-0.25, -0.2) is 15.1 Å². The molecule has 34 heavy (non-hydrogen) atoms. The molecule has 1 fully saturated rings. The Labute approximate surface area is 197 Å². The van der Waals surface area contributed by atoms with Gasteiger partial charge in [-0.15, -0.1) is 0 Å². The van der Waals surface area contributed by atoms with E-state index in [0.717, 1.165) is 22.3 Å². The van der Waals surface area contributed by atoms with Crippen LogP contribution in [0.2, 0.25) is 0 Å². The largest absolute Gasteiger partial charge is 0.479 e. The molecule has 1 aliphatic heterocycles. The molecule has 2 aromatic carbocycles. The average molecular weight is 469 g/mol. The molecule has 1 saturated heterocycles. The summed E-state index contributed by atoms with van der Waals surface area (Å²) in [4.78, 5) is 41.3. The van der Waals surface area contributed by atoms with Gasteiger partial charge in [-0.05, 0) is 42.0 Å². The number of amides is 2. The monoisotopic (exact) mass is 468 g/mol. The number of hydrogen-bond donors (Lipinski definition) is 3. The van der Waals surface area contributed by atoms with E-state index in [4.69, 9.17) is 19.4 Å². The lowest BCUT2D eigenvalue weighted by molar-refractivity contribution is -0.165. The summed E-state index contributed by atoms with van der Waals surface area (Å²) < 4.78 is 10.9. The minimum atomic E-state index is -1.20. The van der Waals surface area contributed by atoms with Crippen molar-refractivity contribution in [3.05, 3.63) is 59.7 Å². The zero-order chi connectivity index (χ0) is 24.1. The molecule has 0 spiro atoms. The summed E-state index contributed by atoms with van der Waals surface area (Å²) >= 11 is 0. The fourth-order valence-electron chi connectivity index (χ4n) is 4.44. The Kier molecular flexibility index (Phi) is 7.14. The van der Waals surface area contributed by atoms with E-state index < -0.39 is 29.5 Å². The quantitative estimate of drug-likeness (QED) is 0.509. The van der Waals surface area contributed by atoms with Gasteiger partial charge in [-0.2, -0.15) is 0 Å². The van der Waals surface area contributed by atoms with E-state index in [-0.39, 0.29) is 19.1 Å². The van der Waals surface area contributed by atoms with Gasteiger partial charge in [0.05, 0.1) is 5.41 Å². The van der Waals surface area contributed by atoms with Crippen molar-refractivity contribution in [1.82, 2.24) is 10.8 Å². The van der Waals surface area contributed by atoms with Crippen molar-refractivity contribution in [2.75, 3.05) is 26.4 Å². The summed E-state index contributed by atoms with van der Waals surface area (Å²) in [7, 11) is 0. The first-order valence-electron chi connectivity index (χ1n) is 11.3. The molecule has 0 bridgehead atoms. The highest BCUT2D eigenvalue weighted by atomic mass is 16.7. The fraction of sp³-hybridized carbons (Fsp3) is 0.400. The van der Waals surface area contributed by atoms with Crippen LogP contribution in [0, 0.1) is 5.41 Å². The van der Waals surface area contributed by atoms with Crippen molar-refractivity contribution >= 4 is 18.0 Å². The zero-order valence-corrected chi connectivity index (χ0v) is 18.9. The summed E-state index contributed by atoms with van der Waals surface area (Å²) in [5.74, 6) is -1.76. The van der Waals surface area contributed by atoms with Gasteiger partial charge in [0.15, 0.2) is 6.10 Å². The van der Waals surface area contributed by atoms with Crippen molar-refractivity contribution in [3.8, 4) is 11.1 Å². The molecule has 3 N–H and O–H groups in total. The number of nitrogens with one attached hydrogen (secondary N) is 2. The molecule has 0 radical (unpaired) electrons. The summed E-state index contributed by atoms with van der Waals surface area (Å²) in [5.41, 5.74) is 5.75. The lowest BCUT2D eigenvalue weighted by atomic mass is 9.79. The van der Waals surface area contributed by atoms with Crippen LogP contribution in [-0.2, 0) is 23.9 Å². The van der Waals surface area contributed by atoms with Crippen LogP contribution < -0.4 is 10.8 Å². The Morgan fingerprint density at radius 1 is 1.06 bits per heavy atom. The number of ether oxygens (including phenoxy) is 2. The second-order valence-electron chi connectivity index (χ2n) is 8.60. The van der Waals surface area contributed by atoms with Gasteiger partial charge in [0.25, 0.3) is 5.91 Å². The summed E-state index contributed by atoms with van der Waals surface area (Å²) in [6.07, 6.45) is -1.11. The third-order valence-corrected chi connectivity index (χ3v) is 6.52. The molecule has 180 valence electrons. The molecule has 1 unspecified atom stereocenters. The first-order chi connectivity index (χ1) is 16.4. The maximum absolute atomic E-state index is 12.8. The lowest BCUT2D eigenvalue weighted by Gasteiger charge is -2.35. The smallest absolute Gasteiger partial charge is 0.407 e. The highest BCUT2D eigenvalue weighted by Gasteiger charge is 2.41. The molecule has 1 aliphatic carbocycles. The number of hydroxylamine groups is 1. The van der Waals surface area contributed by atoms with Gasteiger partial charge in [0.1, 0.15) is 6.61 Å². The molecular weight excluding hydrogens is 440 g/mol. The van der Waals surface area contributed by atoms with E-state index in [2.05, 4.69) is 22.9 Å². The molecule has 0 aromatic heterocycles. The molecular formula is C25H28N2O7. The molecule has 2 aliphatic rings. The third kappa shape index (κ3) is 4.90. The van der Waals surface area contributed by atoms with Crippen LogP contribution in [0.1, 0.15) is 36.8 Å². The first-order valence-corrected chi connectivity index (χ1v) is 11.3. The van der Waals surface area contributed by atoms with E-state index in [1.54, 1.807) is 0 Å². The highest BCUT2D eigenvalue weighted by Crippen LogP contribution is 2.44. The number of benzene rings is 2. The normalized spacial score (nSPS) is 17.2. The number of fused-ring (bicyclic) bond motifs is 3. The van der Waals surface area contributed by atoms with Gasteiger partial charge in [-0.3, -0.25) is 9.63 Å². The average Bonchev–Trinajstić information content (AvgIpc) is 3.18. The van der Waals surface area contributed by atoms with Gasteiger partial charge in [0, 0.05) is 25.7 Å². The summed E-state index contributed by atoms with van der Waals surface area (Å²) in [5, 5.41) is 11.7. The van der Waals surface area contributed by atoms with E-state index >= 15 is 0 Å². The van der Waals surface area contributed by atoms with E-state index in [1.165, 1.54) is 6.92 Å². The topological polar surface area (TPSA) is 123 Å². The van der Waals surface area contributed by atoms with E-state index in [0.29, 0.717) is 26.1 Å². The van der Waals surface area contributed by atoms with Gasteiger partial charge in [0.2, 0.25) is 0 Å². The van der Waals surface area contributed by atoms with Crippen molar-refractivity contribution in [1.29, 1.82) is 0 Å². The molecule has 9 heteroatoms. The Morgan fingerprint density at radius 2 is 1.65 bits per heavy atom. The zero-order valence-electron chi connectivity index (χ0n) is 18.9. The molecule has 0 saturated carbocycles. The van der Waals surface area contributed by atoms with Crippen LogP contribution in [0.4, 0.5) is 4.79 Å². The number of alkyl carbamates (subject to hydrolysis) is 1. The van der Waals surface area contributed by atoms with Crippen LogP contribution in [0.15, 0.2) is 48.5 Å². The SMILES string of the molecule is CC(ONC(=O)C1(CNC(=O)OCC2c3ccccc3-c3ccccc32)CCOCC1)C(=O)O. The fourth-order valence-corrected chi connectivity index (χ4v) is 4.44. The number of hydrogen-bond acceptors (Lipinski definition) is 6. The number of aliphatic carboxylic acids is 1. The first kappa shape index (κ1) is 23.7. The van der Waals surface area contributed by atoms with Crippen LogP contribution in [0.5, 0.6) is 0 Å². The maximum Gasteiger partial charge on any atom is 0.407 e. The van der Waals surface area contributed by atoms with Gasteiger partial charge in [-0.1, -0.05) is 48.5 Å². The number of carboxylic acids is 1. The van der Waals surface area contributed by atoms with Gasteiger partial charge >= 0.3 is 12.1 Å². The Balaban J connectivity index is 1.37. The number of carbonyl (C=O) groups excluding carboxylic acids is 2. The Hall–Kier alpha value is -3.43. The van der Waals surface area contributed by atoms with Crippen LogP contribution in [0.25, 0.3) is 11.1 Å². The number of rotatable bonds is 8. The number of carboxylic acid groups (broad SMARTS) is 1. The van der Waals surface area contributed by atoms with Crippen LogP contribution in [0.3, 0.4) is 0 Å². The number of carbonyl (C=O) groups is 3. The van der Waals surface area contributed by atoms with Crippen LogP contribution >= 0.6 is 0 Å². The molecule has 2 amide bonds. The predicted octanol–water partition coefficient (Wildman–Crippen LogP) is 2.84. The van der Waals surface area contributed by atoms with E-state index in [9.17, 15) is 14.4 Å². The molecule has 2 aromatic rings. The molecule has 4 rings (SSSR count). The standard InChI is InChI=1S/C25H28N2O7/c1-16(22(28)29)34-27-23(30)25(10-12-32-13-11-25)15-26-24(31)33-14-21-19-8-4-2-6-17(19)18-7-3-5-9-20(18)21/h2-9,16,21H,10-15H2,1H3,(H,26,31)(H,27,30)(H,28,29). The van der Waals surface area contributed by atoms with E-state index in [1.807, 2.05) is 36.4 Å². The maximum atomic E-state index is 12.8. The van der Waals surface area contributed by atoms with Crippen molar-refractivity contribution < 1.29 is 33.8 Å².